The number of nitrogens with zero attached hydrogens (tertiary/aromatic N) is 1. The molecule has 108 valence electrons. The van der Waals surface area contributed by atoms with Crippen LogP contribution >= 0.6 is 11.6 Å². The Labute approximate surface area is 121 Å². The second kappa shape index (κ2) is 8.41. The summed E-state index contributed by atoms with van der Waals surface area (Å²) >= 11 is 6.22. The Hall–Kier alpha value is -0.770. The third-order valence-corrected chi connectivity index (χ3v) is 3.00. The van der Waals surface area contributed by atoms with E-state index in [1.54, 1.807) is 0 Å². The first-order valence-electron chi connectivity index (χ1n) is 6.76. The molecule has 0 amide bonds. The lowest BCUT2D eigenvalue weighted by atomic mass is 10.2. The molecule has 0 aliphatic carbocycles. The van der Waals surface area contributed by atoms with Crippen molar-refractivity contribution >= 4 is 11.6 Å². The molecule has 0 saturated carbocycles. The van der Waals surface area contributed by atoms with Gasteiger partial charge < -0.3 is 15.0 Å². The van der Waals surface area contributed by atoms with Crippen LogP contribution < -0.4 is 10.1 Å². The van der Waals surface area contributed by atoms with Gasteiger partial charge in [-0.1, -0.05) is 37.6 Å². The van der Waals surface area contributed by atoms with Crippen LogP contribution in [0.25, 0.3) is 0 Å². The molecular weight excluding hydrogens is 260 g/mol. The summed E-state index contributed by atoms with van der Waals surface area (Å²) in [5.41, 5.74) is 1.12. The van der Waals surface area contributed by atoms with Crippen molar-refractivity contribution in [1.82, 2.24) is 10.2 Å². The van der Waals surface area contributed by atoms with E-state index >= 15 is 0 Å². The molecule has 0 aliphatic rings. The highest BCUT2D eigenvalue weighted by atomic mass is 35.5. The molecule has 1 aromatic rings. The zero-order valence-electron chi connectivity index (χ0n) is 12.4. The zero-order valence-corrected chi connectivity index (χ0v) is 13.1. The SMILES string of the molecule is CC(C)CNCc1cccc(Cl)c1OCCN(C)C. The van der Waals surface area contributed by atoms with E-state index in [0.29, 0.717) is 17.5 Å². The normalized spacial score (nSPS) is 11.3. The molecular formula is C15H25ClN2O. The molecule has 0 spiro atoms. The van der Waals surface area contributed by atoms with Crippen molar-refractivity contribution in [1.29, 1.82) is 0 Å². The lowest BCUT2D eigenvalue weighted by molar-refractivity contribution is 0.259. The average molecular weight is 285 g/mol. The Morgan fingerprint density at radius 1 is 1.32 bits per heavy atom. The molecule has 0 aliphatic heterocycles. The maximum Gasteiger partial charge on any atom is 0.142 e. The molecule has 0 heterocycles. The standard InChI is InChI=1S/C15H25ClN2O/c1-12(2)10-17-11-13-6-5-7-14(16)15(13)19-9-8-18(3)4/h5-7,12,17H,8-11H2,1-4H3. The predicted molar refractivity (Wildman–Crippen MR) is 82.0 cm³/mol. The molecule has 0 bridgehead atoms. The van der Waals surface area contributed by atoms with Crippen molar-refractivity contribution < 1.29 is 4.74 Å². The summed E-state index contributed by atoms with van der Waals surface area (Å²) in [6.07, 6.45) is 0. The minimum Gasteiger partial charge on any atom is -0.490 e. The fourth-order valence-corrected chi connectivity index (χ4v) is 1.93. The van der Waals surface area contributed by atoms with Crippen LogP contribution in [0.4, 0.5) is 0 Å². The number of hydrogen-bond acceptors (Lipinski definition) is 3. The van der Waals surface area contributed by atoms with Crippen molar-refractivity contribution in [3.63, 3.8) is 0 Å². The average Bonchev–Trinajstić information content (AvgIpc) is 2.31. The number of halogens is 1. The van der Waals surface area contributed by atoms with Crippen LogP contribution in [-0.4, -0.2) is 38.7 Å². The summed E-state index contributed by atoms with van der Waals surface area (Å²) in [5.74, 6) is 1.44. The number of likely N-dealkylation sites (N-methyl/N-ethyl adjacent to an activating group) is 1. The Bertz CT molecular complexity index is 380. The number of hydrogen-bond donors (Lipinski definition) is 1. The van der Waals surface area contributed by atoms with E-state index in [2.05, 4.69) is 30.1 Å². The number of para-hydroxylation sites is 1. The summed E-state index contributed by atoms with van der Waals surface area (Å²) in [6.45, 7) is 7.69. The Balaban J connectivity index is 2.61. The van der Waals surface area contributed by atoms with Crippen LogP contribution in [0.1, 0.15) is 19.4 Å². The predicted octanol–water partition coefficient (Wildman–Crippen LogP) is 3.03. The first kappa shape index (κ1) is 16.3. The Morgan fingerprint density at radius 3 is 2.68 bits per heavy atom. The maximum atomic E-state index is 6.22. The molecule has 1 rings (SSSR count). The van der Waals surface area contributed by atoms with Gasteiger partial charge in [0.2, 0.25) is 0 Å². The lowest BCUT2D eigenvalue weighted by Crippen LogP contribution is -2.21. The Morgan fingerprint density at radius 2 is 2.05 bits per heavy atom. The monoisotopic (exact) mass is 284 g/mol. The zero-order chi connectivity index (χ0) is 14.3. The van der Waals surface area contributed by atoms with Gasteiger partial charge in [-0.05, 0) is 32.6 Å². The van der Waals surface area contributed by atoms with Crippen molar-refractivity contribution in [2.75, 3.05) is 33.8 Å². The molecule has 0 unspecified atom stereocenters. The van der Waals surface area contributed by atoms with Gasteiger partial charge in [0.15, 0.2) is 0 Å². The van der Waals surface area contributed by atoms with Crippen molar-refractivity contribution in [2.24, 2.45) is 5.92 Å². The highest BCUT2D eigenvalue weighted by molar-refractivity contribution is 6.32. The molecule has 0 saturated heterocycles. The highest BCUT2D eigenvalue weighted by Crippen LogP contribution is 2.28. The van der Waals surface area contributed by atoms with Gasteiger partial charge in [0.05, 0.1) is 5.02 Å². The van der Waals surface area contributed by atoms with Gasteiger partial charge in [-0.25, -0.2) is 0 Å². The number of nitrogens with one attached hydrogen (secondary N) is 1. The van der Waals surface area contributed by atoms with Crippen LogP contribution in [0.3, 0.4) is 0 Å². The second-order valence-corrected chi connectivity index (χ2v) is 5.81. The van der Waals surface area contributed by atoms with Gasteiger partial charge in [-0.2, -0.15) is 0 Å². The molecule has 1 N–H and O–H groups in total. The molecule has 4 heteroatoms. The second-order valence-electron chi connectivity index (χ2n) is 5.40. The number of ether oxygens (including phenoxy) is 1. The molecule has 0 radical (unpaired) electrons. The minimum atomic E-state index is 0.636. The van der Waals surface area contributed by atoms with Crippen LogP contribution in [0, 0.1) is 5.92 Å². The summed E-state index contributed by atoms with van der Waals surface area (Å²) in [4.78, 5) is 2.09. The van der Waals surface area contributed by atoms with Crippen molar-refractivity contribution in [2.45, 2.75) is 20.4 Å². The summed E-state index contributed by atoms with van der Waals surface area (Å²) in [7, 11) is 4.06. The van der Waals surface area contributed by atoms with E-state index in [9.17, 15) is 0 Å². The molecule has 0 atom stereocenters. The van der Waals surface area contributed by atoms with Gasteiger partial charge in [-0.3, -0.25) is 0 Å². The summed E-state index contributed by atoms with van der Waals surface area (Å²) in [5, 5.41) is 4.10. The van der Waals surface area contributed by atoms with E-state index in [-0.39, 0.29) is 0 Å². The van der Waals surface area contributed by atoms with Gasteiger partial charge in [-0.15, -0.1) is 0 Å². The summed E-state index contributed by atoms with van der Waals surface area (Å²) < 4.78 is 5.82. The molecule has 0 fully saturated rings. The smallest absolute Gasteiger partial charge is 0.142 e. The van der Waals surface area contributed by atoms with Crippen LogP contribution in [0.2, 0.25) is 5.02 Å². The largest absolute Gasteiger partial charge is 0.490 e. The fraction of sp³-hybridized carbons (Fsp3) is 0.600. The first-order valence-corrected chi connectivity index (χ1v) is 7.14. The third kappa shape index (κ3) is 6.28. The van der Waals surface area contributed by atoms with Gasteiger partial charge >= 0.3 is 0 Å². The van der Waals surface area contributed by atoms with Crippen LogP contribution in [0.15, 0.2) is 18.2 Å². The highest BCUT2D eigenvalue weighted by Gasteiger charge is 2.08. The summed E-state index contributed by atoms with van der Waals surface area (Å²) in [6, 6.07) is 5.90. The topological polar surface area (TPSA) is 24.5 Å². The van der Waals surface area contributed by atoms with E-state index in [1.165, 1.54) is 0 Å². The molecule has 0 aromatic heterocycles. The van der Waals surface area contributed by atoms with E-state index in [1.807, 2.05) is 26.2 Å². The number of rotatable bonds is 8. The van der Waals surface area contributed by atoms with Gasteiger partial charge in [0.1, 0.15) is 12.4 Å². The lowest BCUT2D eigenvalue weighted by Gasteiger charge is -2.16. The van der Waals surface area contributed by atoms with E-state index in [4.69, 9.17) is 16.3 Å². The van der Waals surface area contributed by atoms with Gasteiger partial charge in [0, 0.05) is 18.7 Å². The first-order chi connectivity index (χ1) is 9.00. The minimum absolute atomic E-state index is 0.636. The van der Waals surface area contributed by atoms with E-state index < -0.39 is 0 Å². The third-order valence-electron chi connectivity index (χ3n) is 2.70. The number of benzene rings is 1. The Kier molecular flexibility index (Phi) is 7.21. The van der Waals surface area contributed by atoms with Gasteiger partial charge in [0.25, 0.3) is 0 Å². The van der Waals surface area contributed by atoms with Crippen molar-refractivity contribution in [3.05, 3.63) is 28.8 Å². The van der Waals surface area contributed by atoms with Crippen molar-refractivity contribution in [3.8, 4) is 5.75 Å². The van der Waals surface area contributed by atoms with Crippen LogP contribution in [0.5, 0.6) is 5.75 Å². The van der Waals surface area contributed by atoms with E-state index in [0.717, 1.165) is 30.9 Å². The molecule has 3 nitrogen and oxygen atoms in total. The fourth-order valence-electron chi connectivity index (χ4n) is 1.68. The van der Waals surface area contributed by atoms with Crippen LogP contribution in [-0.2, 0) is 6.54 Å². The molecule has 1 aromatic carbocycles. The quantitative estimate of drug-likeness (QED) is 0.794. The molecule has 19 heavy (non-hydrogen) atoms. The maximum absolute atomic E-state index is 6.22.